The molecule has 0 radical (unpaired) electrons. The average Bonchev–Trinajstić information content (AvgIpc) is 2.78. The van der Waals surface area contributed by atoms with E-state index in [4.69, 9.17) is 5.11 Å². The van der Waals surface area contributed by atoms with E-state index in [1.165, 1.54) is 0 Å². The van der Waals surface area contributed by atoms with Gasteiger partial charge in [0.05, 0.1) is 12.7 Å². The Kier molecular flexibility index (Phi) is 3.41. The van der Waals surface area contributed by atoms with Crippen LogP contribution < -0.4 is 4.90 Å². The van der Waals surface area contributed by atoms with Crippen molar-refractivity contribution in [2.24, 2.45) is 5.92 Å². The lowest BCUT2D eigenvalue weighted by molar-refractivity contribution is 0.136. The van der Waals surface area contributed by atoms with Crippen molar-refractivity contribution >= 4 is 5.82 Å². The van der Waals surface area contributed by atoms with E-state index >= 15 is 0 Å². The maximum atomic E-state index is 9.52. The highest BCUT2D eigenvalue weighted by atomic mass is 16.3. The number of aliphatic hydroxyl groups excluding tert-OH is 2. The molecule has 16 heavy (non-hydrogen) atoms. The third kappa shape index (κ3) is 2.33. The van der Waals surface area contributed by atoms with Crippen LogP contribution in [0, 0.1) is 5.92 Å². The van der Waals surface area contributed by atoms with Crippen LogP contribution in [-0.4, -0.2) is 34.4 Å². The second-order valence-corrected chi connectivity index (χ2v) is 4.42. The van der Waals surface area contributed by atoms with Crippen LogP contribution in [0.4, 0.5) is 5.82 Å². The van der Waals surface area contributed by atoms with Gasteiger partial charge in [-0.25, -0.2) is 4.98 Å². The van der Waals surface area contributed by atoms with Gasteiger partial charge in [-0.2, -0.15) is 0 Å². The molecule has 0 saturated carbocycles. The summed E-state index contributed by atoms with van der Waals surface area (Å²) in [5.41, 5.74) is 0.829. The van der Waals surface area contributed by atoms with Crippen molar-refractivity contribution in [2.45, 2.75) is 26.1 Å². The molecule has 2 N–H and O–H groups in total. The third-order valence-electron chi connectivity index (χ3n) is 3.22. The number of hydrogen-bond acceptors (Lipinski definition) is 4. The fourth-order valence-electron chi connectivity index (χ4n) is 2.09. The highest BCUT2D eigenvalue weighted by molar-refractivity contribution is 5.40. The summed E-state index contributed by atoms with van der Waals surface area (Å²) in [5.74, 6) is 1.28. The van der Waals surface area contributed by atoms with Crippen molar-refractivity contribution < 1.29 is 10.2 Å². The first-order valence-electron chi connectivity index (χ1n) is 5.69. The Morgan fingerprint density at radius 1 is 1.56 bits per heavy atom. The van der Waals surface area contributed by atoms with Gasteiger partial charge < -0.3 is 15.1 Å². The smallest absolute Gasteiger partial charge is 0.128 e. The van der Waals surface area contributed by atoms with Crippen LogP contribution >= 0.6 is 0 Å². The monoisotopic (exact) mass is 222 g/mol. The molecule has 2 unspecified atom stereocenters. The van der Waals surface area contributed by atoms with Gasteiger partial charge in [0.25, 0.3) is 0 Å². The Balaban J connectivity index is 2.03. The number of aromatic nitrogens is 1. The first kappa shape index (κ1) is 11.4. The Bertz CT molecular complexity index is 337. The molecule has 0 aromatic carbocycles. The van der Waals surface area contributed by atoms with Crippen LogP contribution in [0.5, 0.6) is 0 Å². The van der Waals surface area contributed by atoms with E-state index in [0.717, 1.165) is 30.9 Å². The van der Waals surface area contributed by atoms with E-state index in [0.29, 0.717) is 5.92 Å². The Morgan fingerprint density at radius 3 is 2.88 bits per heavy atom. The lowest BCUT2D eigenvalue weighted by atomic mass is 10.0. The number of aliphatic hydroxyl groups is 2. The summed E-state index contributed by atoms with van der Waals surface area (Å²) in [6.45, 7) is 3.68. The number of nitrogens with zero attached hydrogens (tertiary/aromatic N) is 2. The van der Waals surface area contributed by atoms with Gasteiger partial charge in [0.15, 0.2) is 0 Å². The summed E-state index contributed by atoms with van der Waals surface area (Å²) in [6.07, 6.45) is 2.47. The van der Waals surface area contributed by atoms with Crippen LogP contribution in [0.3, 0.4) is 0 Å². The highest BCUT2D eigenvalue weighted by Crippen LogP contribution is 2.24. The molecular weight excluding hydrogens is 204 g/mol. The highest BCUT2D eigenvalue weighted by Gasteiger charge is 2.26. The number of hydrogen-bond donors (Lipinski definition) is 2. The van der Waals surface area contributed by atoms with Gasteiger partial charge in [-0.05, 0) is 25.0 Å². The minimum atomic E-state index is -0.248. The minimum absolute atomic E-state index is 0.0313. The molecule has 1 aliphatic rings. The first-order chi connectivity index (χ1) is 7.70. The molecular formula is C12H18N2O2. The Morgan fingerprint density at radius 2 is 2.38 bits per heavy atom. The van der Waals surface area contributed by atoms with Crippen LogP contribution in [0.15, 0.2) is 18.3 Å². The molecule has 2 atom stereocenters. The maximum Gasteiger partial charge on any atom is 0.128 e. The summed E-state index contributed by atoms with van der Waals surface area (Å²) in [4.78, 5) is 6.49. The van der Waals surface area contributed by atoms with Crippen molar-refractivity contribution in [3.05, 3.63) is 23.9 Å². The zero-order valence-corrected chi connectivity index (χ0v) is 9.50. The van der Waals surface area contributed by atoms with E-state index in [-0.39, 0.29) is 12.7 Å². The van der Waals surface area contributed by atoms with Crippen LogP contribution in [0.25, 0.3) is 0 Å². The Hall–Kier alpha value is -1.13. The molecule has 1 saturated heterocycles. The van der Waals surface area contributed by atoms with E-state index in [1.807, 2.05) is 19.1 Å². The first-order valence-corrected chi connectivity index (χ1v) is 5.69. The van der Waals surface area contributed by atoms with Gasteiger partial charge in [-0.3, -0.25) is 0 Å². The normalized spacial score (nSPS) is 22.4. The Labute approximate surface area is 95.5 Å². The molecule has 88 valence electrons. The van der Waals surface area contributed by atoms with Gasteiger partial charge >= 0.3 is 0 Å². The zero-order valence-electron chi connectivity index (χ0n) is 9.50. The second-order valence-electron chi connectivity index (χ2n) is 4.42. The fourth-order valence-corrected chi connectivity index (χ4v) is 2.09. The van der Waals surface area contributed by atoms with E-state index in [9.17, 15) is 5.11 Å². The van der Waals surface area contributed by atoms with Crippen LogP contribution in [-0.2, 0) is 6.61 Å². The molecule has 2 rings (SSSR count). The van der Waals surface area contributed by atoms with Crippen molar-refractivity contribution in [3.63, 3.8) is 0 Å². The van der Waals surface area contributed by atoms with Gasteiger partial charge in [0, 0.05) is 25.2 Å². The molecule has 1 aromatic rings. The van der Waals surface area contributed by atoms with E-state index < -0.39 is 0 Å². The third-order valence-corrected chi connectivity index (χ3v) is 3.22. The number of anilines is 1. The van der Waals surface area contributed by atoms with Gasteiger partial charge in [-0.1, -0.05) is 6.07 Å². The van der Waals surface area contributed by atoms with Gasteiger partial charge in [-0.15, -0.1) is 0 Å². The molecule has 0 amide bonds. The second kappa shape index (κ2) is 4.80. The fraction of sp³-hybridized carbons (Fsp3) is 0.583. The van der Waals surface area contributed by atoms with E-state index in [1.54, 1.807) is 6.20 Å². The largest absolute Gasteiger partial charge is 0.393 e. The molecule has 1 fully saturated rings. The van der Waals surface area contributed by atoms with Crippen molar-refractivity contribution in [2.75, 3.05) is 18.0 Å². The molecule has 2 heterocycles. The zero-order chi connectivity index (χ0) is 11.5. The average molecular weight is 222 g/mol. The summed E-state index contributed by atoms with van der Waals surface area (Å²) in [6, 6.07) is 3.81. The lowest BCUT2D eigenvalue weighted by Crippen LogP contribution is -2.24. The number of pyridine rings is 1. The topological polar surface area (TPSA) is 56.6 Å². The lowest BCUT2D eigenvalue weighted by Gasteiger charge is -2.18. The molecule has 4 nitrogen and oxygen atoms in total. The minimum Gasteiger partial charge on any atom is -0.393 e. The summed E-state index contributed by atoms with van der Waals surface area (Å²) in [7, 11) is 0. The molecule has 0 bridgehead atoms. The SMILES string of the molecule is CC(O)C1CCN(c2ccc(CO)cn2)C1. The van der Waals surface area contributed by atoms with Crippen molar-refractivity contribution in [1.82, 2.24) is 4.98 Å². The van der Waals surface area contributed by atoms with Crippen molar-refractivity contribution in [3.8, 4) is 0 Å². The van der Waals surface area contributed by atoms with Crippen molar-refractivity contribution in [1.29, 1.82) is 0 Å². The van der Waals surface area contributed by atoms with Crippen LogP contribution in [0.2, 0.25) is 0 Å². The molecule has 0 aliphatic carbocycles. The molecule has 4 heteroatoms. The van der Waals surface area contributed by atoms with Crippen LogP contribution in [0.1, 0.15) is 18.9 Å². The summed E-state index contributed by atoms with van der Waals surface area (Å²) in [5, 5.41) is 18.4. The van der Waals surface area contributed by atoms with Gasteiger partial charge in [0.1, 0.15) is 5.82 Å². The maximum absolute atomic E-state index is 9.52. The summed E-state index contributed by atoms with van der Waals surface area (Å²) >= 11 is 0. The predicted octanol–water partition coefficient (Wildman–Crippen LogP) is 0.781. The molecule has 0 spiro atoms. The van der Waals surface area contributed by atoms with E-state index in [2.05, 4.69) is 9.88 Å². The molecule has 1 aliphatic heterocycles. The summed E-state index contributed by atoms with van der Waals surface area (Å²) < 4.78 is 0. The molecule has 1 aromatic heterocycles. The predicted molar refractivity (Wildman–Crippen MR) is 62.2 cm³/mol. The van der Waals surface area contributed by atoms with Gasteiger partial charge in [0.2, 0.25) is 0 Å². The quantitative estimate of drug-likeness (QED) is 0.793. The standard InChI is InChI=1S/C12H18N2O2/c1-9(16)11-4-5-14(7-11)12-3-2-10(8-15)6-13-12/h2-3,6,9,11,15-16H,4-5,7-8H2,1H3. The number of rotatable bonds is 3.